The number of amides is 2. The molecule has 56 heavy (non-hydrogen) atoms. The maximum atomic E-state index is 11.6. The van der Waals surface area contributed by atoms with Gasteiger partial charge in [0.2, 0.25) is 11.8 Å². The first-order valence-corrected chi connectivity index (χ1v) is 19.7. The van der Waals surface area contributed by atoms with E-state index in [1.807, 2.05) is 37.6 Å². The summed E-state index contributed by atoms with van der Waals surface area (Å²) in [6.07, 6.45) is 4.89. The van der Waals surface area contributed by atoms with E-state index in [1.54, 1.807) is 28.4 Å². The number of methoxy groups -OCH3 is 5. The van der Waals surface area contributed by atoms with Gasteiger partial charge in [0.25, 0.3) is 0 Å². The molecule has 0 saturated carbocycles. The van der Waals surface area contributed by atoms with Crippen molar-refractivity contribution in [3.05, 3.63) is 20.9 Å². The van der Waals surface area contributed by atoms with E-state index < -0.39 is 0 Å². The molecular formula is C36H68N12O8. The number of azide groups is 2. The normalized spacial score (nSPS) is 29.9. The summed E-state index contributed by atoms with van der Waals surface area (Å²) in [5, 5.41) is 9.96. The zero-order valence-corrected chi connectivity index (χ0v) is 35.1. The highest BCUT2D eigenvalue weighted by atomic mass is 16.5. The van der Waals surface area contributed by atoms with Gasteiger partial charge in [0.1, 0.15) is 0 Å². The summed E-state index contributed by atoms with van der Waals surface area (Å²) in [7, 11) is 10.2. The molecule has 320 valence electrons. The molecule has 8 atom stereocenters. The molecule has 0 aromatic heterocycles. The molecule has 0 aromatic carbocycles. The molecule has 0 aromatic rings. The van der Waals surface area contributed by atoms with Gasteiger partial charge in [0, 0.05) is 121 Å². The third-order valence-electron chi connectivity index (χ3n) is 11.1. The van der Waals surface area contributed by atoms with Gasteiger partial charge in [-0.3, -0.25) is 29.1 Å². The van der Waals surface area contributed by atoms with Gasteiger partial charge >= 0.3 is 5.97 Å². The lowest BCUT2D eigenvalue weighted by Crippen LogP contribution is -2.53. The molecule has 1 N–H and O–H groups in total. The highest BCUT2D eigenvalue weighted by molar-refractivity contribution is 5.79. The van der Waals surface area contributed by atoms with Crippen LogP contribution in [0.1, 0.15) is 46.5 Å². The second-order valence-corrected chi connectivity index (χ2v) is 14.4. The molecule has 6 heterocycles. The average molecular weight is 797 g/mol. The summed E-state index contributed by atoms with van der Waals surface area (Å²) in [6.45, 7) is 14.2. The third kappa shape index (κ3) is 15.6. The van der Waals surface area contributed by atoms with Gasteiger partial charge < -0.3 is 38.8 Å². The minimum atomic E-state index is -0.289. The summed E-state index contributed by atoms with van der Waals surface area (Å²) in [5.74, 6) is 0.117. The van der Waals surface area contributed by atoms with E-state index >= 15 is 0 Å². The van der Waals surface area contributed by atoms with Crippen LogP contribution in [0.25, 0.3) is 20.9 Å². The molecule has 6 rings (SSSR count). The number of nitrogens with zero attached hydrogens (tertiary/aromatic N) is 11. The summed E-state index contributed by atoms with van der Waals surface area (Å²) in [4.78, 5) is 49.7. The first-order chi connectivity index (χ1) is 27.0. The first kappa shape index (κ1) is 48.9. The Kier molecular flexibility index (Phi) is 23.2. The van der Waals surface area contributed by atoms with Crippen LogP contribution < -0.4 is 5.32 Å². The molecule has 20 heteroatoms. The maximum absolute atomic E-state index is 11.6. The SMILES string of the molecule is CC.CCN1CC2CC(OC)CN2CC1=O.COC(=O)CN1CC(OC)CC1CN=[N+]=[N-].COC1CC(CN=[N+]=[N-])N(C)C1.COC1CC2CNC(=O)CN2C1. The number of nitrogens with one attached hydrogen (secondary N) is 1. The summed E-state index contributed by atoms with van der Waals surface area (Å²) >= 11 is 0. The van der Waals surface area contributed by atoms with Gasteiger partial charge in [0.15, 0.2) is 0 Å². The van der Waals surface area contributed by atoms with Crippen LogP contribution in [0.5, 0.6) is 0 Å². The van der Waals surface area contributed by atoms with E-state index in [2.05, 4.69) is 44.8 Å². The third-order valence-corrected chi connectivity index (χ3v) is 11.1. The highest BCUT2D eigenvalue weighted by Gasteiger charge is 2.39. The number of fused-ring (bicyclic) bond motifs is 2. The van der Waals surface area contributed by atoms with Gasteiger partial charge in [-0.05, 0) is 50.7 Å². The average Bonchev–Trinajstić information content (AvgIpc) is 4.01. The summed E-state index contributed by atoms with van der Waals surface area (Å²) in [6, 6.07) is 1.44. The van der Waals surface area contributed by atoms with Crippen LogP contribution in [0, 0.1) is 0 Å². The molecule has 2 amide bonds. The minimum Gasteiger partial charge on any atom is -0.468 e. The molecule has 6 aliphatic heterocycles. The first-order valence-electron chi connectivity index (χ1n) is 19.7. The Morgan fingerprint density at radius 2 is 1.27 bits per heavy atom. The molecule has 8 unspecified atom stereocenters. The van der Waals surface area contributed by atoms with Crippen molar-refractivity contribution in [1.29, 1.82) is 0 Å². The van der Waals surface area contributed by atoms with Crippen LogP contribution >= 0.6 is 0 Å². The van der Waals surface area contributed by atoms with Crippen LogP contribution in [0.3, 0.4) is 0 Å². The van der Waals surface area contributed by atoms with Crippen molar-refractivity contribution in [2.45, 2.75) is 95.0 Å². The van der Waals surface area contributed by atoms with Crippen LogP contribution in [-0.4, -0.2) is 212 Å². The summed E-state index contributed by atoms with van der Waals surface area (Å²) < 4.78 is 25.7. The largest absolute Gasteiger partial charge is 0.468 e. The van der Waals surface area contributed by atoms with Gasteiger partial charge in [-0.15, -0.1) is 0 Å². The fourth-order valence-electron chi connectivity index (χ4n) is 7.81. The Hall–Kier alpha value is -3.29. The van der Waals surface area contributed by atoms with Crippen molar-refractivity contribution >= 4 is 17.8 Å². The van der Waals surface area contributed by atoms with Gasteiger partial charge in [-0.25, -0.2) is 0 Å². The molecule has 0 spiro atoms. The van der Waals surface area contributed by atoms with Crippen LogP contribution in [-0.2, 0) is 38.1 Å². The molecule has 0 radical (unpaired) electrons. The fourth-order valence-corrected chi connectivity index (χ4v) is 7.81. The predicted octanol–water partition coefficient (Wildman–Crippen LogP) is 1.74. The standard InChI is InChI=1S/C10H18N2O2.C9H16N4O3.C8H14N2O2.C7H14N4O.C2H6/c1-3-11-5-8-4-9(14-2)6-12(8)7-10(11)13;1-15-8-3-7(4-11-12-10)13(5-8)6-9(14)16-2;1-12-7-2-6-3-9-8(11)5-10(6)4-7;1-11-5-7(12-2)3-6(11)4-9-10-8;1-2/h8-9H,3-7H2,1-2H3;7-8H,3-6H2,1-2H3;6-7H,2-5H2,1H3,(H,9,11);6-7H,3-5H2,1-2H3;1-2H3. The number of likely N-dealkylation sites (tertiary alicyclic amines) is 2. The zero-order valence-electron chi connectivity index (χ0n) is 35.1. The number of piperazine rings is 2. The highest BCUT2D eigenvalue weighted by Crippen LogP contribution is 2.24. The number of hydrogen-bond donors (Lipinski definition) is 1. The quantitative estimate of drug-likeness (QED) is 0.137. The van der Waals surface area contributed by atoms with E-state index in [1.165, 1.54) is 7.11 Å². The van der Waals surface area contributed by atoms with Crippen LogP contribution in [0.4, 0.5) is 0 Å². The van der Waals surface area contributed by atoms with E-state index in [4.69, 9.17) is 30.0 Å². The van der Waals surface area contributed by atoms with Crippen molar-refractivity contribution in [1.82, 2.24) is 29.8 Å². The number of likely N-dealkylation sites (N-methyl/N-ethyl adjacent to an activating group) is 2. The molecular weight excluding hydrogens is 728 g/mol. The lowest BCUT2D eigenvalue weighted by Gasteiger charge is -2.36. The molecule has 6 aliphatic rings. The minimum absolute atomic E-state index is 0.0555. The fraction of sp³-hybridized carbons (Fsp3) is 0.917. The Labute approximate surface area is 332 Å². The Morgan fingerprint density at radius 1 is 0.750 bits per heavy atom. The maximum Gasteiger partial charge on any atom is 0.319 e. The number of rotatable bonds is 11. The van der Waals surface area contributed by atoms with Crippen LogP contribution in [0.15, 0.2) is 10.2 Å². The summed E-state index contributed by atoms with van der Waals surface area (Å²) in [5.41, 5.74) is 16.4. The Bertz CT molecular complexity index is 1290. The number of carbonyl (C=O) groups is 3. The van der Waals surface area contributed by atoms with Gasteiger partial charge in [-0.2, -0.15) is 0 Å². The number of esters is 1. The topological polar surface area (TPSA) is 223 Å². The van der Waals surface area contributed by atoms with Gasteiger partial charge in [0.05, 0.1) is 51.2 Å². The molecule has 6 saturated heterocycles. The van der Waals surface area contributed by atoms with Crippen molar-refractivity contribution in [2.24, 2.45) is 10.2 Å². The lowest BCUT2D eigenvalue weighted by atomic mass is 10.1. The molecule has 6 fully saturated rings. The Balaban J connectivity index is 0.000000255. The van der Waals surface area contributed by atoms with Crippen molar-refractivity contribution < 1.29 is 38.1 Å². The van der Waals surface area contributed by atoms with Crippen molar-refractivity contribution in [2.75, 3.05) is 121 Å². The van der Waals surface area contributed by atoms with E-state index in [0.29, 0.717) is 69.2 Å². The predicted molar refractivity (Wildman–Crippen MR) is 211 cm³/mol. The van der Waals surface area contributed by atoms with Crippen LogP contribution in [0.2, 0.25) is 0 Å². The smallest absolute Gasteiger partial charge is 0.319 e. The Morgan fingerprint density at radius 3 is 1.80 bits per heavy atom. The van der Waals surface area contributed by atoms with Gasteiger partial charge in [-0.1, -0.05) is 24.1 Å². The van der Waals surface area contributed by atoms with E-state index in [9.17, 15) is 14.4 Å². The van der Waals surface area contributed by atoms with Crippen molar-refractivity contribution in [3.63, 3.8) is 0 Å². The number of ether oxygens (including phenoxy) is 5. The second-order valence-electron chi connectivity index (χ2n) is 14.4. The number of hydrogen-bond acceptors (Lipinski definition) is 14. The molecule has 0 bridgehead atoms. The van der Waals surface area contributed by atoms with E-state index in [0.717, 1.165) is 65.0 Å². The lowest BCUT2D eigenvalue weighted by molar-refractivity contribution is -0.142. The monoisotopic (exact) mass is 797 g/mol. The molecule has 20 nitrogen and oxygen atoms in total. The second kappa shape index (κ2) is 26.6. The zero-order chi connectivity index (χ0) is 41.6. The van der Waals surface area contributed by atoms with E-state index in [-0.39, 0.29) is 36.5 Å². The number of carbonyl (C=O) groups excluding carboxylic acids is 3. The molecule has 0 aliphatic carbocycles. The van der Waals surface area contributed by atoms with Crippen molar-refractivity contribution in [3.8, 4) is 0 Å².